The smallest absolute Gasteiger partial charge is 0.229 e. The fraction of sp³-hybridized carbons (Fsp3) is 0.292. The maximum absolute atomic E-state index is 12.3. The van der Waals surface area contributed by atoms with Gasteiger partial charge in [-0.05, 0) is 68.1 Å². The van der Waals surface area contributed by atoms with Crippen molar-refractivity contribution in [2.45, 2.75) is 32.6 Å². The summed E-state index contributed by atoms with van der Waals surface area (Å²) >= 11 is 6.00. The number of rotatable bonds is 7. The van der Waals surface area contributed by atoms with E-state index in [1.165, 1.54) is 12.8 Å². The van der Waals surface area contributed by atoms with Crippen LogP contribution in [-0.2, 0) is 11.2 Å². The van der Waals surface area contributed by atoms with E-state index in [-0.39, 0.29) is 5.91 Å². The van der Waals surface area contributed by atoms with Crippen LogP contribution in [0.4, 0.5) is 23.1 Å². The summed E-state index contributed by atoms with van der Waals surface area (Å²) < 4.78 is 0. The number of nitrogens with one attached hydrogen (secondary N) is 2. The van der Waals surface area contributed by atoms with Crippen LogP contribution >= 0.6 is 11.6 Å². The second-order valence-electron chi connectivity index (χ2n) is 7.77. The highest BCUT2D eigenvalue weighted by Crippen LogP contribution is 2.22. The van der Waals surface area contributed by atoms with Crippen molar-refractivity contribution in [3.63, 3.8) is 0 Å². The average molecular weight is 436 g/mol. The predicted molar refractivity (Wildman–Crippen MR) is 126 cm³/mol. The van der Waals surface area contributed by atoms with Gasteiger partial charge in [0, 0.05) is 47.7 Å². The van der Waals surface area contributed by atoms with Crippen molar-refractivity contribution in [2.75, 3.05) is 28.6 Å². The standard InChI is InChI=1S/C24H26ClN5O/c1-17-15-22(30-13-2-3-14-30)29-24(26-17)28-21-10-8-20(9-11-21)27-23(31)12-7-18-5-4-6-19(25)16-18/h4-6,8-11,15-16H,2-3,7,12-14H2,1H3,(H,27,31)(H,26,28,29). The molecule has 2 heterocycles. The van der Waals surface area contributed by atoms with Gasteiger partial charge in [-0.1, -0.05) is 23.7 Å². The summed E-state index contributed by atoms with van der Waals surface area (Å²) in [6, 6.07) is 17.2. The molecule has 160 valence electrons. The molecule has 1 saturated heterocycles. The Kier molecular flexibility index (Phi) is 6.67. The zero-order valence-electron chi connectivity index (χ0n) is 17.6. The fourth-order valence-electron chi connectivity index (χ4n) is 3.66. The number of anilines is 4. The monoisotopic (exact) mass is 435 g/mol. The number of aryl methyl sites for hydroxylation is 2. The summed E-state index contributed by atoms with van der Waals surface area (Å²) in [7, 11) is 0. The Morgan fingerprint density at radius 1 is 1.03 bits per heavy atom. The van der Waals surface area contributed by atoms with Crippen molar-refractivity contribution in [3.05, 3.63) is 70.9 Å². The molecule has 1 aliphatic heterocycles. The minimum absolute atomic E-state index is 0.0297. The summed E-state index contributed by atoms with van der Waals surface area (Å²) in [6.07, 6.45) is 3.46. The van der Waals surface area contributed by atoms with Gasteiger partial charge in [0.15, 0.2) is 0 Å². The maximum atomic E-state index is 12.3. The van der Waals surface area contributed by atoms with E-state index in [0.717, 1.165) is 41.5 Å². The van der Waals surface area contributed by atoms with Gasteiger partial charge >= 0.3 is 0 Å². The van der Waals surface area contributed by atoms with Crippen LogP contribution in [0.2, 0.25) is 5.02 Å². The fourth-order valence-corrected chi connectivity index (χ4v) is 3.87. The summed E-state index contributed by atoms with van der Waals surface area (Å²) in [4.78, 5) is 23.7. The lowest BCUT2D eigenvalue weighted by Crippen LogP contribution is -2.19. The van der Waals surface area contributed by atoms with Crippen molar-refractivity contribution in [1.29, 1.82) is 0 Å². The van der Waals surface area contributed by atoms with Gasteiger partial charge in [0.05, 0.1) is 0 Å². The molecule has 0 radical (unpaired) electrons. The summed E-state index contributed by atoms with van der Waals surface area (Å²) in [5, 5.41) is 6.89. The molecule has 2 N–H and O–H groups in total. The Bertz CT molecular complexity index is 1050. The molecule has 31 heavy (non-hydrogen) atoms. The number of hydrogen-bond donors (Lipinski definition) is 2. The van der Waals surface area contributed by atoms with Gasteiger partial charge in [-0.15, -0.1) is 0 Å². The number of carbonyl (C=O) groups excluding carboxylic acids is 1. The molecule has 0 bridgehead atoms. The quantitative estimate of drug-likeness (QED) is 0.523. The number of hydrogen-bond acceptors (Lipinski definition) is 5. The second-order valence-corrected chi connectivity index (χ2v) is 8.20. The van der Waals surface area contributed by atoms with Crippen LogP contribution in [0.3, 0.4) is 0 Å². The maximum Gasteiger partial charge on any atom is 0.229 e. The van der Waals surface area contributed by atoms with Gasteiger partial charge in [0.2, 0.25) is 11.9 Å². The lowest BCUT2D eigenvalue weighted by Gasteiger charge is -2.17. The van der Waals surface area contributed by atoms with E-state index in [4.69, 9.17) is 11.6 Å². The second kappa shape index (κ2) is 9.79. The zero-order valence-corrected chi connectivity index (χ0v) is 18.3. The first-order valence-corrected chi connectivity index (χ1v) is 10.9. The number of nitrogens with zero attached hydrogens (tertiary/aromatic N) is 3. The molecule has 0 spiro atoms. The van der Waals surface area contributed by atoms with Crippen molar-refractivity contribution < 1.29 is 4.79 Å². The molecule has 1 aromatic heterocycles. The van der Waals surface area contributed by atoms with Crippen LogP contribution in [0, 0.1) is 6.92 Å². The molecule has 4 rings (SSSR count). The molecule has 1 aliphatic rings. The van der Waals surface area contributed by atoms with E-state index in [9.17, 15) is 4.79 Å². The summed E-state index contributed by atoms with van der Waals surface area (Å²) in [6.45, 7) is 4.07. The molecule has 3 aromatic rings. The van der Waals surface area contributed by atoms with E-state index in [1.807, 2.05) is 61.5 Å². The molecule has 6 nitrogen and oxygen atoms in total. The average Bonchev–Trinajstić information content (AvgIpc) is 3.28. The highest BCUT2D eigenvalue weighted by Gasteiger charge is 2.15. The van der Waals surface area contributed by atoms with Gasteiger partial charge in [0.25, 0.3) is 0 Å². The Morgan fingerprint density at radius 2 is 1.77 bits per heavy atom. The van der Waals surface area contributed by atoms with Gasteiger partial charge in [0.1, 0.15) is 5.82 Å². The van der Waals surface area contributed by atoms with Crippen molar-refractivity contribution in [3.8, 4) is 0 Å². The predicted octanol–water partition coefficient (Wildman–Crippen LogP) is 5.35. The summed E-state index contributed by atoms with van der Waals surface area (Å²) in [5.74, 6) is 1.52. The molecule has 0 saturated carbocycles. The molecule has 0 aliphatic carbocycles. The van der Waals surface area contributed by atoms with Crippen molar-refractivity contribution >= 4 is 40.6 Å². The molecule has 1 amide bonds. The minimum Gasteiger partial charge on any atom is -0.356 e. The molecule has 0 unspecified atom stereocenters. The zero-order chi connectivity index (χ0) is 21.6. The summed E-state index contributed by atoms with van der Waals surface area (Å²) in [5.41, 5.74) is 3.61. The van der Waals surface area contributed by atoms with E-state index in [0.29, 0.717) is 23.8 Å². The first kappa shape index (κ1) is 21.1. The van der Waals surface area contributed by atoms with E-state index >= 15 is 0 Å². The Balaban J connectivity index is 1.33. The van der Waals surface area contributed by atoms with Crippen molar-refractivity contribution in [1.82, 2.24) is 9.97 Å². The number of benzene rings is 2. The molecular weight excluding hydrogens is 410 g/mol. The Labute approximate surface area is 187 Å². The highest BCUT2D eigenvalue weighted by atomic mass is 35.5. The van der Waals surface area contributed by atoms with Crippen LogP contribution in [0.1, 0.15) is 30.5 Å². The lowest BCUT2D eigenvalue weighted by molar-refractivity contribution is -0.116. The molecular formula is C24H26ClN5O. The Hall–Kier alpha value is -3.12. The number of halogens is 1. The highest BCUT2D eigenvalue weighted by molar-refractivity contribution is 6.30. The van der Waals surface area contributed by atoms with Gasteiger partial charge in [-0.3, -0.25) is 4.79 Å². The van der Waals surface area contributed by atoms with Crippen LogP contribution in [0.5, 0.6) is 0 Å². The molecule has 2 aromatic carbocycles. The largest absolute Gasteiger partial charge is 0.356 e. The third-order valence-corrected chi connectivity index (χ3v) is 5.46. The third-order valence-electron chi connectivity index (χ3n) is 5.23. The van der Waals surface area contributed by atoms with Crippen LogP contribution < -0.4 is 15.5 Å². The first-order valence-electron chi connectivity index (χ1n) is 10.6. The normalized spacial score (nSPS) is 13.3. The van der Waals surface area contributed by atoms with Gasteiger partial charge in [-0.25, -0.2) is 4.98 Å². The van der Waals surface area contributed by atoms with Crippen LogP contribution in [-0.4, -0.2) is 29.0 Å². The van der Waals surface area contributed by atoms with Crippen LogP contribution in [0.15, 0.2) is 54.6 Å². The lowest BCUT2D eigenvalue weighted by atomic mass is 10.1. The van der Waals surface area contributed by atoms with Gasteiger partial charge in [-0.2, -0.15) is 4.98 Å². The van der Waals surface area contributed by atoms with E-state index < -0.39 is 0 Å². The third kappa shape index (κ3) is 5.95. The number of amides is 1. The first-order chi connectivity index (χ1) is 15.0. The van der Waals surface area contributed by atoms with Crippen LogP contribution in [0.25, 0.3) is 0 Å². The van der Waals surface area contributed by atoms with Crippen molar-refractivity contribution in [2.24, 2.45) is 0 Å². The van der Waals surface area contributed by atoms with E-state index in [2.05, 4.69) is 25.5 Å². The molecule has 1 fully saturated rings. The SMILES string of the molecule is Cc1cc(N2CCCC2)nc(Nc2ccc(NC(=O)CCc3cccc(Cl)c3)cc2)n1. The Morgan fingerprint density at radius 3 is 2.52 bits per heavy atom. The topological polar surface area (TPSA) is 70.2 Å². The minimum atomic E-state index is -0.0297. The van der Waals surface area contributed by atoms with E-state index in [1.54, 1.807) is 0 Å². The number of aromatic nitrogens is 2. The molecule has 0 atom stereocenters. The van der Waals surface area contributed by atoms with Gasteiger partial charge < -0.3 is 15.5 Å². The molecule has 7 heteroatoms. The number of carbonyl (C=O) groups is 1.